The van der Waals surface area contributed by atoms with E-state index < -0.39 is 7.60 Å². The topological polar surface area (TPSA) is 92.5 Å². The first-order valence-electron chi connectivity index (χ1n) is 2.11. The van der Waals surface area contributed by atoms with Crippen molar-refractivity contribution in [1.82, 2.24) is 6.15 Å². The molecule has 0 unspecified atom stereocenters. The van der Waals surface area contributed by atoms with Gasteiger partial charge in [0.25, 0.3) is 0 Å². The Kier molecular flexibility index (Phi) is 5.54. The first-order valence-corrected chi connectivity index (χ1v) is 3.90. The molecule has 5 N–H and O–H groups in total. The predicted octanol–water partition coefficient (Wildman–Crippen LogP) is 0.736. The van der Waals surface area contributed by atoms with Crippen LogP contribution in [0.15, 0.2) is 0 Å². The lowest BCUT2D eigenvalue weighted by atomic mass is 10.6. The Hall–Kier alpha value is 0.110. The van der Waals surface area contributed by atoms with E-state index in [0.29, 0.717) is 6.42 Å². The summed E-state index contributed by atoms with van der Waals surface area (Å²) in [6, 6.07) is 0. The van der Waals surface area contributed by atoms with Crippen molar-refractivity contribution in [3.63, 3.8) is 0 Å². The fourth-order valence-corrected chi connectivity index (χ4v) is 0.874. The van der Waals surface area contributed by atoms with E-state index in [1.807, 2.05) is 0 Å². The molecule has 0 bridgehead atoms. The van der Waals surface area contributed by atoms with E-state index in [0.717, 1.165) is 0 Å². The third kappa shape index (κ3) is 9.44. The monoisotopic (exact) mass is 141 g/mol. The Labute approximate surface area is 48.7 Å². The minimum Gasteiger partial charge on any atom is -0.344 e. The highest BCUT2D eigenvalue weighted by Crippen LogP contribution is 2.34. The zero-order chi connectivity index (χ0) is 5.91. The summed E-state index contributed by atoms with van der Waals surface area (Å²) >= 11 is 0. The Balaban J connectivity index is 0. The van der Waals surface area contributed by atoms with Crippen LogP contribution in [0, 0.1) is 0 Å². The summed E-state index contributed by atoms with van der Waals surface area (Å²) in [6.45, 7) is 1.74. The van der Waals surface area contributed by atoms with Crippen LogP contribution in [0.5, 0.6) is 0 Å². The van der Waals surface area contributed by atoms with Crippen LogP contribution in [0.25, 0.3) is 0 Å². The molecule has 0 radical (unpaired) electrons. The molecule has 0 aromatic heterocycles. The summed E-state index contributed by atoms with van der Waals surface area (Å²) in [4.78, 5) is 16.3. The van der Waals surface area contributed by atoms with Crippen LogP contribution < -0.4 is 6.15 Å². The van der Waals surface area contributed by atoms with Gasteiger partial charge in [0.05, 0.1) is 0 Å². The van der Waals surface area contributed by atoms with E-state index in [9.17, 15) is 4.57 Å². The second-order valence-corrected chi connectivity index (χ2v) is 3.16. The lowest BCUT2D eigenvalue weighted by Crippen LogP contribution is -1.82. The normalized spacial score (nSPS) is 10.4. The van der Waals surface area contributed by atoms with Crippen LogP contribution in [0.3, 0.4) is 0 Å². The fourth-order valence-electron chi connectivity index (χ4n) is 0.291. The highest BCUT2D eigenvalue weighted by atomic mass is 31.2. The van der Waals surface area contributed by atoms with E-state index in [1.54, 1.807) is 6.92 Å². The Morgan fingerprint density at radius 3 is 1.88 bits per heavy atom. The highest BCUT2D eigenvalue weighted by Gasteiger charge is 2.08. The van der Waals surface area contributed by atoms with Crippen LogP contribution in [0.4, 0.5) is 0 Å². The van der Waals surface area contributed by atoms with Gasteiger partial charge >= 0.3 is 7.60 Å². The van der Waals surface area contributed by atoms with Gasteiger partial charge in [-0.1, -0.05) is 6.92 Å². The maximum absolute atomic E-state index is 9.93. The summed E-state index contributed by atoms with van der Waals surface area (Å²) in [7, 11) is -3.67. The van der Waals surface area contributed by atoms with Gasteiger partial charge in [-0.05, 0) is 6.42 Å². The van der Waals surface area contributed by atoms with Gasteiger partial charge in [0, 0.05) is 6.16 Å². The molecule has 0 heterocycles. The van der Waals surface area contributed by atoms with Gasteiger partial charge in [0.15, 0.2) is 0 Å². The van der Waals surface area contributed by atoms with Gasteiger partial charge < -0.3 is 15.9 Å². The summed E-state index contributed by atoms with van der Waals surface area (Å²) in [5.41, 5.74) is 0. The number of hydrogen-bond acceptors (Lipinski definition) is 2. The zero-order valence-corrected chi connectivity index (χ0v) is 5.77. The van der Waals surface area contributed by atoms with Gasteiger partial charge in [-0.25, -0.2) is 0 Å². The molecule has 8 heavy (non-hydrogen) atoms. The van der Waals surface area contributed by atoms with Crippen LogP contribution in [0.2, 0.25) is 0 Å². The molecular weight excluding hydrogens is 129 g/mol. The highest BCUT2D eigenvalue weighted by molar-refractivity contribution is 7.51. The SMILES string of the molecule is CCCP(=O)(O)O.N. The largest absolute Gasteiger partial charge is 0.344 e. The van der Waals surface area contributed by atoms with Gasteiger partial charge in [-0.2, -0.15) is 0 Å². The van der Waals surface area contributed by atoms with E-state index in [4.69, 9.17) is 9.79 Å². The zero-order valence-electron chi connectivity index (χ0n) is 4.87. The smallest absolute Gasteiger partial charge is 0.325 e. The molecule has 0 amide bonds. The lowest BCUT2D eigenvalue weighted by Gasteiger charge is -1.96. The third-order valence-electron chi connectivity index (χ3n) is 0.515. The molecule has 0 aromatic carbocycles. The predicted molar refractivity (Wildman–Crippen MR) is 32.2 cm³/mol. The molecule has 0 rings (SSSR count). The molecule has 5 heteroatoms. The molecule has 52 valence electrons. The van der Waals surface area contributed by atoms with E-state index in [1.165, 1.54) is 0 Å². The van der Waals surface area contributed by atoms with Gasteiger partial charge in [0.2, 0.25) is 0 Å². The molecular formula is C3H12NO3P. The van der Waals surface area contributed by atoms with Crippen LogP contribution in [-0.2, 0) is 4.57 Å². The molecule has 0 aliphatic heterocycles. The van der Waals surface area contributed by atoms with E-state index >= 15 is 0 Å². The van der Waals surface area contributed by atoms with Gasteiger partial charge in [-0.3, -0.25) is 4.57 Å². The van der Waals surface area contributed by atoms with Crippen molar-refractivity contribution in [3.8, 4) is 0 Å². The second kappa shape index (κ2) is 4.04. The summed E-state index contributed by atoms with van der Waals surface area (Å²) < 4.78 is 9.93. The standard InChI is InChI=1S/C3H9O3P.H3N/c1-2-3-7(4,5)6;/h2-3H2,1H3,(H2,4,5,6);1H3. The Bertz CT molecular complexity index is 88.5. The number of hydrogen-bond donors (Lipinski definition) is 3. The van der Waals surface area contributed by atoms with E-state index in [-0.39, 0.29) is 12.3 Å². The fraction of sp³-hybridized carbons (Fsp3) is 1.00. The van der Waals surface area contributed by atoms with Crippen LogP contribution in [-0.4, -0.2) is 15.9 Å². The first kappa shape index (κ1) is 11.0. The number of rotatable bonds is 2. The summed E-state index contributed by atoms with van der Waals surface area (Å²) in [6.07, 6.45) is 0.553. The average molecular weight is 141 g/mol. The molecule has 0 atom stereocenters. The molecule has 0 fully saturated rings. The summed E-state index contributed by atoms with van der Waals surface area (Å²) in [5.74, 6) is 0. The Morgan fingerprint density at radius 2 is 1.88 bits per heavy atom. The van der Waals surface area contributed by atoms with Gasteiger partial charge in [-0.15, -0.1) is 0 Å². The minimum atomic E-state index is -3.67. The summed E-state index contributed by atoms with van der Waals surface area (Å²) in [5, 5.41) is 0. The Morgan fingerprint density at radius 1 is 1.50 bits per heavy atom. The maximum Gasteiger partial charge on any atom is 0.325 e. The van der Waals surface area contributed by atoms with Crippen LogP contribution in [0.1, 0.15) is 13.3 Å². The lowest BCUT2D eigenvalue weighted by molar-refractivity contribution is 0.372. The second-order valence-electron chi connectivity index (χ2n) is 1.39. The minimum absolute atomic E-state index is 0. The van der Waals surface area contributed by atoms with Crippen molar-refractivity contribution in [2.75, 3.05) is 6.16 Å². The van der Waals surface area contributed by atoms with E-state index in [2.05, 4.69) is 0 Å². The van der Waals surface area contributed by atoms with Crippen molar-refractivity contribution in [1.29, 1.82) is 0 Å². The molecule has 0 saturated heterocycles. The van der Waals surface area contributed by atoms with Crippen molar-refractivity contribution in [2.45, 2.75) is 13.3 Å². The quantitative estimate of drug-likeness (QED) is 0.494. The molecule has 0 aliphatic rings. The molecule has 0 spiro atoms. The molecule has 0 aliphatic carbocycles. The molecule has 4 nitrogen and oxygen atoms in total. The third-order valence-corrected chi connectivity index (χ3v) is 1.54. The maximum atomic E-state index is 9.93. The van der Waals surface area contributed by atoms with Gasteiger partial charge in [0.1, 0.15) is 0 Å². The average Bonchev–Trinajstić information content (AvgIpc) is 1.30. The molecule has 0 aromatic rings. The molecule has 0 saturated carbocycles. The van der Waals surface area contributed by atoms with Crippen molar-refractivity contribution in [3.05, 3.63) is 0 Å². The van der Waals surface area contributed by atoms with Crippen molar-refractivity contribution >= 4 is 7.60 Å². The van der Waals surface area contributed by atoms with Crippen LogP contribution >= 0.6 is 7.60 Å². The van der Waals surface area contributed by atoms with Crippen molar-refractivity contribution < 1.29 is 14.4 Å². The van der Waals surface area contributed by atoms with Crippen molar-refractivity contribution in [2.24, 2.45) is 0 Å². The first-order chi connectivity index (χ1) is 3.06.